The summed E-state index contributed by atoms with van der Waals surface area (Å²) in [5.41, 5.74) is 4.03. The highest BCUT2D eigenvalue weighted by molar-refractivity contribution is 5.94. The number of carbonyl (C=O) groups is 1. The van der Waals surface area contributed by atoms with Crippen LogP contribution in [0.25, 0.3) is 0 Å². The first kappa shape index (κ1) is 15.6. The molecule has 2 rings (SSSR count). The van der Waals surface area contributed by atoms with E-state index in [1.807, 2.05) is 50.2 Å². The molecule has 2 aromatic carbocycles. The Morgan fingerprint density at radius 2 is 2.00 bits per heavy atom. The van der Waals surface area contributed by atoms with Gasteiger partial charge in [0.05, 0.1) is 11.6 Å². The molecule has 0 saturated heterocycles. The van der Waals surface area contributed by atoms with Crippen molar-refractivity contribution in [1.82, 2.24) is 5.32 Å². The van der Waals surface area contributed by atoms with Crippen molar-refractivity contribution in [2.45, 2.75) is 13.5 Å². The third-order valence-corrected chi connectivity index (χ3v) is 3.50. The molecule has 0 atom stereocenters. The lowest BCUT2D eigenvalue weighted by molar-refractivity contribution is 0.0951. The van der Waals surface area contributed by atoms with Gasteiger partial charge in [-0.3, -0.25) is 4.79 Å². The van der Waals surface area contributed by atoms with Gasteiger partial charge in [0.1, 0.15) is 0 Å². The molecule has 1 amide bonds. The Bertz CT molecular complexity index is 729. The molecule has 4 nitrogen and oxygen atoms in total. The van der Waals surface area contributed by atoms with Crippen LogP contribution < -0.4 is 10.2 Å². The van der Waals surface area contributed by atoms with Crippen LogP contribution in [0, 0.1) is 18.3 Å². The molecular weight excluding hydrogens is 274 g/mol. The average molecular weight is 293 g/mol. The van der Waals surface area contributed by atoms with Gasteiger partial charge in [-0.05, 0) is 42.3 Å². The summed E-state index contributed by atoms with van der Waals surface area (Å²) >= 11 is 0. The molecule has 0 heterocycles. The molecule has 2 aromatic rings. The van der Waals surface area contributed by atoms with E-state index in [0.29, 0.717) is 17.7 Å². The fourth-order valence-corrected chi connectivity index (χ4v) is 2.11. The molecule has 112 valence electrons. The van der Waals surface area contributed by atoms with Crippen molar-refractivity contribution >= 4 is 11.6 Å². The monoisotopic (exact) mass is 293 g/mol. The molecule has 0 bridgehead atoms. The van der Waals surface area contributed by atoms with Crippen LogP contribution in [-0.4, -0.2) is 20.0 Å². The zero-order valence-electron chi connectivity index (χ0n) is 13.1. The SMILES string of the molecule is Cc1ccc(C(=O)NCc2cccc(N(C)C)c2)cc1C#N. The van der Waals surface area contributed by atoms with E-state index in [4.69, 9.17) is 5.26 Å². The van der Waals surface area contributed by atoms with E-state index in [0.717, 1.165) is 16.8 Å². The third-order valence-electron chi connectivity index (χ3n) is 3.50. The molecule has 1 N–H and O–H groups in total. The fourth-order valence-electron chi connectivity index (χ4n) is 2.11. The van der Waals surface area contributed by atoms with E-state index < -0.39 is 0 Å². The molecule has 4 heteroatoms. The molecule has 0 spiro atoms. The van der Waals surface area contributed by atoms with E-state index in [-0.39, 0.29) is 5.91 Å². The normalized spacial score (nSPS) is 9.91. The zero-order valence-corrected chi connectivity index (χ0v) is 13.1. The van der Waals surface area contributed by atoms with Gasteiger partial charge in [-0.15, -0.1) is 0 Å². The molecule has 22 heavy (non-hydrogen) atoms. The first-order valence-electron chi connectivity index (χ1n) is 7.06. The second-order valence-corrected chi connectivity index (χ2v) is 5.39. The summed E-state index contributed by atoms with van der Waals surface area (Å²) in [7, 11) is 3.96. The Morgan fingerprint density at radius 3 is 2.68 bits per heavy atom. The minimum Gasteiger partial charge on any atom is -0.378 e. The number of aryl methyl sites for hydroxylation is 1. The van der Waals surface area contributed by atoms with Crippen molar-refractivity contribution in [2.75, 3.05) is 19.0 Å². The molecule has 0 saturated carbocycles. The Kier molecular flexibility index (Phi) is 4.80. The number of nitriles is 1. The smallest absolute Gasteiger partial charge is 0.251 e. The number of nitrogens with zero attached hydrogens (tertiary/aromatic N) is 2. The maximum absolute atomic E-state index is 12.2. The predicted molar refractivity (Wildman–Crippen MR) is 87.8 cm³/mol. The molecular formula is C18H19N3O. The summed E-state index contributed by atoms with van der Waals surface area (Å²) in [5.74, 6) is -0.174. The van der Waals surface area contributed by atoms with Crippen LogP contribution in [0.4, 0.5) is 5.69 Å². The van der Waals surface area contributed by atoms with Crippen molar-refractivity contribution in [3.05, 3.63) is 64.7 Å². The Morgan fingerprint density at radius 1 is 1.23 bits per heavy atom. The van der Waals surface area contributed by atoms with Gasteiger partial charge >= 0.3 is 0 Å². The molecule has 0 aliphatic carbocycles. The molecule has 0 unspecified atom stereocenters. The van der Waals surface area contributed by atoms with E-state index in [2.05, 4.69) is 11.4 Å². The highest BCUT2D eigenvalue weighted by Crippen LogP contribution is 2.14. The second-order valence-electron chi connectivity index (χ2n) is 5.39. The van der Waals surface area contributed by atoms with Crippen LogP contribution in [0.5, 0.6) is 0 Å². The van der Waals surface area contributed by atoms with Crippen LogP contribution in [-0.2, 0) is 6.54 Å². The largest absolute Gasteiger partial charge is 0.378 e. The second kappa shape index (κ2) is 6.77. The van der Waals surface area contributed by atoms with Gasteiger partial charge in [-0.1, -0.05) is 18.2 Å². The Hall–Kier alpha value is -2.80. The van der Waals surface area contributed by atoms with Gasteiger partial charge in [0.2, 0.25) is 0 Å². The summed E-state index contributed by atoms with van der Waals surface area (Å²) in [6.07, 6.45) is 0. The van der Waals surface area contributed by atoms with Gasteiger partial charge in [-0.25, -0.2) is 0 Å². The van der Waals surface area contributed by atoms with E-state index in [9.17, 15) is 4.79 Å². The van der Waals surface area contributed by atoms with Gasteiger partial charge in [0, 0.05) is 31.9 Å². The number of anilines is 1. The van der Waals surface area contributed by atoms with Crippen LogP contribution in [0.1, 0.15) is 27.0 Å². The summed E-state index contributed by atoms with van der Waals surface area (Å²) in [5, 5.41) is 11.9. The minimum atomic E-state index is -0.174. The van der Waals surface area contributed by atoms with Crippen molar-refractivity contribution in [1.29, 1.82) is 5.26 Å². The van der Waals surface area contributed by atoms with Gasteiger partial charge in [-0.2, -0.15) is 5.26 Å². The topological polar surface area (TPSA) is 56.1 Å². The Balaban J connectivity index is 2.07. The lowest BCUT2D eigenvalue weighted by Gasteiger charge is -2.14. The third kappa shape index (κ3) is 3.64. The predicted octanol–water partition coefficient (Wildman–Crippen LogP) is 2.86. The van der Waals surface area contributed by atoms with E-state index in [1.54, 1.807) is 18.2 Å². The fraction of sp³-hybridized carbons (Fsp3) is 0.222. The van der Waals surface area contributed by atoms with E-state index >= 15 is 0 Å². The van der Waals surface area contributed by atoms with Crippen LogP contribution in [0.3, 0.4) is 0 Å². The number of hydrogen-bond acceptors (Lipinski definition) is 3. The highest BCUT2D eigenvalue weighted by Gasteiger charge is 2.08. The van der Waals surface area contributed by atoms with Crippen molar-refractivity contribution < 1.29 is 4.79 Å². The summed E-state index contributed by atoms with van der Waals surface area (Å²) in [6, 6.07) is 15.3. The van der Waals surface area contributed by atoms with Crippen LogP contribution in [0.15, 0.2) is 42.5 Å². The molecule has 0 aliphatic heterocycles. The number of hydrogen-bond donors (Lipinski definition) is 1. The average Bonchev–Trinajstić information content (AvgIpc) is 2.53. The summed E-state index contributed by atoms with van der Waals surface area (Å²) < 4.78 is 0. The number of carbonyl (C=O) groups excluding carboxylic acids is 1. The molecule has 0 aromatic heterocycles. The van der Waals surface area contributed by atoms with Gasteiger partial charge < -0.3 is 10.2 Å². The van der Waals surface area contributed by atoms with Crippen molar-refractivity contribution in [3.8, 4) is 6.07 Å². The van der Waals surface area contributed by atoms with E-state index in [1.165, 1.54) is 0 Å². The number of rotatable bonds is 4. The van der Waals surface area contributed by atoms with Crippen molar-refractivity contribution in [3.63, 3.8) is 0 Å². The lowest BCUT2D eigenvalue weighted by Crippen LogP contribution is -2.23. The lowest BCUT2D eigenvalue weighted by atomic mass is 10.1. The molecule has 0 fully saturated rings. The van der Waals surface area contributed by atoms with Crippen molar-refractivity contribution in [2.24, 2.45) is 0 Å². The number of benzene rings is 2. The minimum absolute atomic E-state index is 0.174. The Labute approximate surface area is 131 Å². The molecule has 0 aliphatic rings. The van der Waals surface area contributed by atoms with Crippen LogP contribution >= 0.6 is 0 Å². The van der Waals surface area contributed by atoms with Crippen LogP contribution in [0.2, 0.25) is 0 Å². The zero-order chi connectivity index (χ0) is 16.1. The summed E-state index contributed by atoms with van der Waals surface area (Å²) in [6.45, 7) is 2.31. The quantitative estimate of drug-likeness (QED) is 0.943. The maximum Gasteiger partial charge on any atom is 0.251 e. The first-order valence-corrected chi connectivity index (χ1v) is 7.06. The standard InChI is InChI=1S/C18H19N3O/c1-13-7-8-15(10-16(13)11-19)18(22)20-12-14-5-4-6-17(9-14)21(2)3/h4-10H,12H2,1-3H3,(H,20,22). The van der Waals surface area contributed by atoms with Gasteiger partial charge in [0.15, 0.2) is 0 Å². The highest BCUT2D eigenvalue weighted by atomic mass is 16.1. The first-order chi connectivity index (χ1) is 10.5. The number of amides is 1. The molecule has 0 radical (unpaired) electrons. The maximum atomic E-state index is 12.2. The van der Waals surface area contributed by atoms with Gasteiger partial charge in [0.25, 0.3) is 5.91 Å². The number of nitrogens with one attached hydrogen (secondary N) is 1. The summed E-state index contributed by atoms with van der Waals surface area (Å²) in [4.78, 5) is 14.2.